The molecule has 2 aliphatic rings. The fourth-order valence-corrected chi connectivity index (χ4v) is 4.52. The van der Waals surface area contributed by atoms with Crippen LogP contribution in [0.2, 0.25) is 0 Å². The number of thiophene rings is 1. The van der Waals surface area contributed by atoms with Crippen LogP contribution in [-0.2, 0) is 18.3 Å². The van der Waals surface area contributed by atoms with Crippen LogP contribution in [0.25, 0.3) is 0 Å². The number of aryl methyl sites for hydroxylation is 1. The van der Waals surface area contributed by atoms with Gasteiger partial charge in [-0.1, -0.05) is 0 Å². The molecule has 0 N–H and O–H groups in total. The summed E-state index contributed by atoms with van der Waals surface area (Å²) in [7, 11) is 2.03. The molecule has 0 bridgehead atoms. The molecule has 2 aromatic heterocycles. The molecular weight excluding hydrogens is 336 g/mol. The lowest BCUT2D eigenvalue weighted by Gasteiger charge is -2.32. The maximum atomic E-state index is 12.8. The first-order valence-corrected chi connectivity index (χ1v) is 9.67. The minimum atomic E-state index is 0.0351. The molecule has 6 nitrogen and oxygen atoms in total. The Morgan fingerprint density at radius 2 is 2.32 bits per heavy atom. The van der Waals surface area contributed by atoms with Gasteiger partial charge in [0.15, 0.2) is 0 Å². The van der Waals surface area contributed by atoms with Gasteiger partial charge in [0.05, 0.1) is 25.3 Å². The predicted octanol–water partition coefficient (Wildman–Crippen LogP) is 1.85. The van der Waals surface area contributed by atoms with Crippen molar-refractivity contribution in [2.45, 2.75) is 13.0 Å². The van der Waals surface area contributed by atoms with Gasteiger partial charge in [-0.3, -0.25) is 9.69 Å². The zero-order valence-electron chi connectivity index (χ0n) is 14.6. The van der Waals surface area contributed by atoms with Gasteiger partial charge in [0.2, 0.25) is 0 Å². The highest BCUT2D eigenvalue weighted by molar-refractivity contribution is 7.08. The molecule has 4 heterocycles. The highest BCUT2D eigenvalue weighted by Gasteiger charge is 2.42. The van der Waals surface area contributed by atoms with Gasteiger partial charge in [0.25, 0.3) is 5.91 Å². The van der Waals surface area contributed by atoms with Crippen LogP contribution in [0.3, 0.4) is 0 Å². The fourth-order valence-electron chi connectivity index (χ4n) is 3.89. The van der Waals surface area contributed by atoms with Gasteiger partial charge in [-0.2, -0.15) is 11.3 Å². The normalized spacial score (nSPS) is 24.8. The lowest BCUT2D eigenvalue weighted by molar-refractivity contribution is 0.0643. The number of carbonyl (C=O) groups excluding carboxylic acids is 1. The molecule has 2 fully saturated rings. The van der Waals surface area contributed by atoms with E-state index in [0.29, 0.717) is 13.2 Å². The Hall–Kier alpha value is -1.70. The van der Waals surface area contributed by atoms with Crippen LogP contribution in [0, 0.1) is 5.41 Å². The predicted molar refractivity (Wildman–Crippen MR) is 96.6 cm³/mol. The second kappa shape index (κ2) is 6.90. The zero-order chi connectivity index (χ0) is 17.3. The van der Waals surface area contributed by atoms with Crippen molar-refractivity contribution in [1.29, 1.82) is 0 Å². The van der Waals surface area contributed by atoms with Crippen LogP contribution in [0.15, 0.2) is 29.2 Å². The summed E-state index contributed by atoms with van der Waals surface area (Å²) in [4.78, 5) is 21.6. The first kappa shape index (κ1) is 16.8. The second-order valence-corrected chi connectivity index (χ2v) is 7.99. The third-order valence-corrected chi connectivity index (χ3v) is 5.98. The number of aromatic nitrogens is 2. The summed E-state index contributed by atoms with van der Waals surface area (Å²) in [5.74, 6) is 1.21. The summed E-state index contributed by atoms with van der Waals surface area (Å²) in [5.41, 5.74) is 0.831. The number of hydrogen-bond donors (Lipinski definition) is 0. The van der Waals surface area contributed by atoms with Gasteiger partial charge in [0.1, 0.15) is 5.82 Å². The molecule has 134 valence electrons. The monoisotopic (exact) mass is 360 g/mol. The smallest absolute Gasteiger partial charge is 0.254 e. The number of amides is 1. The number of rotatable bonds is 3. The van der Waals surface area contributed by atoms with Crippen LogP contribution >= 0.6 is 11.3 Å². The van der Waals surface area contributed by atoms with E-state index in [1.165, 1.54) is 0 Å². The molecule has 1 atom stereocenters. The van der Waals surface area contributed by atoms with Crippen molar-refractivity contribution < 1.29 is 9.53 Å². The molecule has 0 saturated carbocycles. The number of ether oxygens (including phenoxy) is 1. The van der Waals surface area contributed by atoms with E-state index in [0.717, 1.165) is 50.6 Å². The minimum Gasteiger partial charge on any atom is -0.379 e. The Bertz CT molecular complexity index is 729. The van der Waals surface area contributed by atoms with E-state index >= 15 is 0 Å². The van der Waals surface area contributed by atoms with Gasteiger partial charge < -0.3 is 14.2 Å². The molecule has 2 aromatic rings. The van der Waals surface area contributed by atoms with E-state index in [-0.39, 0.29) is 11.3 Å². The first-order valence-electron chi connectivity index (χ1n) is 8.73. The fraction of sp³-hybridized carbons (Fsp3) is 0.556. The van der Waals surface area contributed by atoms with Crippen molar-refractivity contribution in [2.24, 2.45) is 12.5 Å². The van der Waals surface area contributed by atoms with Crippen molar-refractivity contribution in [3.8, 4) is 0 Å². The van der Waals surface area contributed by atoms with Crippen LogP contribution in [-0.4, -0.2) is 64.7 Å². The molecule has 0 radical (unpaired) electrons. The number of carbonyl (C=O) groups is 1. The molecule has 2 saturated heterocycles. The molecular formula is C18H24N4O2S. The van der Waals surface area contributed by atoms with Gasteiger partial charge in [-0.25, -0.2) is 4.98 Å². The van der Waals surface area contributed by atoms with E-state index in [1.54, 1.807) is 11.3 Å². The van der Waals surface area contributed by atoms with Gasteiger partial charge >= 0.3 is 0 Å². The van der Waals surface area contributed by atoms with E-state index in [1.807, 2.05) is 41.2 Å². The van der Waals surface area contributed by atoms with E-state index in [2.05, 4.69) is 14.5 Å². The standard InChI is InChI=1S/C18H24N4O2S/c1-20-6-4-19-16(20)10-21-5-3-18(12-21)13-22(7-8-24-14-18)17(23)15-2-9-25-11-15/h2,4,6,9,11H,3,5,7-8,10,12-14H2,1H3/t18-/m0/s1. The van der Waals surface area contributed by atoms with Crippen LogP contribution < -0.4 is 0 Å². The third kappa shape index (κ3) is 3.49. The average molecular weight is 360 g/mol. The lowest BCUT2D eigenvalue weighted by Crippen LogP contribution is -2.43. The second-order valence-electron chi connectivity index (χ2n) is 7.21. The zero-order valence-corrected chi connectivity index (χ0v) is 15.4. The van der Waals surface area contributed by atoms with E-state index < -0.39 is 0 Å². The Morgan fingerprint density at radius 1 is 1.40 bits per heavy atom. The molecule has 7 heteroatoms. The molecule has 2 aliphatic heterocycles. The lowest BCUT2D eigenvalue weighted by atomic mass is 9.87. The van der Waals surface area contributed by atoms with E-state index in [9.17, 15) is 4.79 Å². The molecule has 0 aromatic carbocycles. The van der Waals surface area contributed by atoms with E-state index in [4.69, 9.17) is 4.74 Å². The molecule has 4 rings (SSSR count). The molecule has 0 unspecified atom stereocenters. The maximum Gasteiger partial charge on any atom is 0.254 e. The van der Waals surface area contributed by atoms with Crippen molar-refractivity contribution in [1.82, 2.24) is 19.4 Å². The third-order valence-electron chi connectivity index (χ3n) is 5.30. The molecule has 1 spiro atoms. The Morgan fingerprint density at radius 3 is 3.08 bits per heavy atom. The SMILES string of the molecule is Cn1ccnc1CN1CC[C@]2(COCCN(C(=O)c3ccsc3)C2)C1. The summed E-state index contributed by atoms with van der Waals surface area (Å²) in [6.07, 6.45) is 4.89. The summed E-state index contributed by atoms with van der Waals surface area (Å²) in [6.45, 7) is 5.64. The van der Waals surface area contributed by atoms with Crippen LogP contribution in [0.1, 0.15) is 22.6 Å². The summed E-state index contributed by atoms with van der Waals surface area (Å²) in [5, 5.41) is 3.89. The molecule has 1 amide bonds. The topological polar surface area (TPSA) is 50.6 Å². The molecule has 0 aliphatic carbocycles. The average Bonchev–Trinajstić information content (AvgIpc) is 3.31. The van der Waals surface area contributed by atoms with Crippen LogP contribution in [0.5, 0.6) is 0 Å². The number of likely N-dealkylation sites (tertiary alicyclic amines) is 1. The highest BCUT2D eigenvalue weighted by Crippen LogP contribution is 2.34. The Kier molecular flexibility index (Phi) is 4.62. The quantitative estimate of drug-likeness (QED) is 0.838. The van der Waals surface area contributed by atoms with Gasteiger partial charge in [-0.05, 0) is 24.4 Å². The summed E-state index contributed by atoms with van der Waals surface area (Å²) >= 11 is 1.57. The highest BCUT2D eigenvalue weighted by atomic mass is 32.1. The van der Waals surface area contributed by atoms with Gasteiger partial charge in [-0.15, -0.1) is 0 Å². The van der Waals surface area contributed by atoms with Crippen LogP contribution in [0.4, 0.5) is 0 Å². The number of hydrogen-bond acceptors (Lipinski definition) is 5. The molecule has 25 heavy (non-hydrogen) atoms. The largest absolute Gasteiger partial charge is 0.379 e. The minimum absolute atomic E-state index is 0.0351. The summed E-state index contributed by atoms with van der Waals surface area (Å²) in [6, 6.07) is 1.91. The summed E-state index contributed by atoms with van der Waals surface area (Å²) < 4.78 is 7.97. The number of imidazole rings is 1. The Labute approximate surface area is 152 Å². The first-order chi connectivity index (χ1) is 12.2. The Balaban J connectivity index is 1.45. The number of nitrogens with zero attached hydrogens (tertiary/aromatic N) is 4. The van der Waals surface area contributed by atoms with Crippen molar-refractivity contribution >= 4 is 17.2 Å². The van der Waals surface area contributed by atoms with Gasteiger partial charge in [0, 0.05) is 49.9 Å². The van der Waals surface area contributed by atoms with Crippen molar-refractivity contribution in [3.63, 3.8) is 0 Å². The van der Waals surface area contributed by atoms with Crippen molar-refractivity contribution in [2.75, 3.05) is 39.4 Å². The maximum absolute atomic E-state index is 12.8. The van der Waals surface area contributed by atoms with Crippen molar-refractivity contribution in [3.05, 3.63) is 40.6 Å².